The zero-order chi connectivity index (χ0) is 8.48. The molecule has 1 aliphatic carbocycles. The molecular weight excluding hydrogens is 132 g/mol. The van der Waals surface area contributed by atoms with Gasteiger partial charge in [-0.05, 0) is 24.3 Å². The first kappa shape index (κ1) is 8.32. The molecule has 0 aromatic carbocycles. The second-order valence-electron chi connectivity index (χ2n) is 4.00. The lowest BCUT2D eigenvalue weighted by atomic mass is 9.80. The Morgan fingerprint density at radius 2 is 2.18 bits per heavy atom. The second-order valence-corrected chi connectivity index (χ2v) is 4.00. The van der Waals surface area contributed by atoms with E-state index in [1.807, 2.05) is 0 Å². The van der Waals surface area contributed by atoms with Gasteiger partial charge < -0.3 is 0 Å². The lowest BCUT2D eigenvalue weighted by molar-refractivity contribution is 0.472. The molecule has 0 atom stereocenters. The van der Waals surface area contributed by atoms with Gasteiger partial charge in [0, 0.05) is 0 Å². The second kappa shape index (κ2) is 2.69. The highest BCUT2D eigenvalue weighted by Gasteiger charge is 2.18. The van der Waals surface area contributed by atoms with E-state index in [0.717, 1.165) is 6.42 Å². The van der Waals surface area contributed by atoms with E-state index in [9.17, 15) is 0 Å². The summed E-state index contributed by atoms with van der Waals surface area (Å²) < 4.78 is 0. The van der Waals surface area contributed by atoms with Crippen LogP contribution in [0.3, 0.4) is 0 Å². The van der Waals surface area contributed by atoms with Crippen LogP contribution in [-0.4, -0.2) is 0 Å². The van der Waals surface area contributed by atoms with E-state index < -0.39 is 0 Å². The fourth-order valence-corrected chi connectivity index (χ4v) is 1.33. The molecule has 0 saturated carbocycles. The summed E-state index contributed by atoms with van der Waals surface area (Å²) in [5.74, 6) is 0. The molecule has 0 N–H and O–H groups in total. The minimum atomic E-state index is 0.322. The predicted octanol–water partition coefficient (Wildman–Crippen LogP) is 3.48. The van der Waals surface area contributed by atoms with Crippen LogP contribution in [0.25, 0.3) is 0 Å². The van der Waals surface area contributed by atoms with Gasteiger partial charge in [0.25, 0.3) is 0 Å². The lowest BCUT2D eigenvalue weighted by Gasteiger charge is -2.25. The van der Waals surface area contributed by atoms with Gasteiger partial charge >= 0.3 is 0 Å². The summed E-state index contributed by atoms with van der Waals surface area (Å²) in [6.45, 7) is 10.5. The van der Waals surface area contributed by atoms with Crippen molar-refractivity contribution in [2.45, 2.75) is 27.2 Å². The molecule has 0 nitrogen and oxygen atoms in total. The molecule has 0 heterocycles. The molecular formula is C11H16. The fourth-order valence-electron chi connectivity index (χ4n) is 1.33. The molecule has 0 bridgehead atoms. The maximum absolute atomic E-state index is 3.94. The zero-order valence-electron chi connectivity index (χ0n) is 7.65. The molecule has 11 heavy (non-hydrogen) atoms. The molecule has 0 unspecified atom stereocenters. The molecule has 0 spiro atoms. The van der Waals surface area contributed by atoms with Crippen molar-refractivity contribution in [2.75, 3.05) is 0 Å². The Balaban J connectivity index is 2.81. The van der Waals surface area contributed by atoms with Crippen molar-refractivity contribution in [3.63, 3.8) is 0 Å². The molecule has 1 aliphatic rings. The fraction of sp³-hybridized carbons (Fsp3) is 0.455. The molecule has 60 valence electrons. The van der Waals surface area contributed by atoms with Gasteiger partial charge in [0.05, 0.1) is 0 Å². The van der Waals surface area contributed by atoms with Crippen molar-refractivity contribution in [3.8, 4) is 0 Å². The summed E-state index contributed by atoms with van der Waals surface area (Å²) in [7, 11) is 0. The van der Waals surface area contributed by atoms with Crippen LogP contribution >= 0.6 is 0 Å². The smallest absolute Gasteiger partial charge is 0.0131 e. The molecule has 0 radical (unpaired) electrons. The van der Waals surface area contributed by atoms with Gasteiger partial charge in [0.15, 0.2) is 0 Å². The van der Waals surface area contributed by atoms with Gasteiger partial charge in [-0.3, -0.25) is 0 Å². The normalized spacial score (nSPS) is 21.2. The maximum atomic E-state index is 3.94. The lowest BCUT2D eigenvalue weighted by Crippen LogP contribution is -2.11. The molecule has 1 rings (SSSR count). The van der Waals surface area contributed by atoms with Gasteiger partial charge in [-0.1, -0.05) is 44.2 Å². The first-order valence-corrected chi connectivity index (χ1v) is 4.05. The highest BCUT2D eigenvalue weighted by Crippen LogP contribution is 2.32. The highest BCUT2D eigenvalue weighted by atomic mass is 14.2. The summed E-state index contributed by atoms with van der Waals surface area (Å²) in [6, 6.07) is 0. The van der Waals surface area contributed by atoms with Crippen molar-refractivity contribution < 1.29 is 0 Å². The van der Waals surface area contributed by atoms with E-state index in [4.69, 9.17) is 0 Å². The minimum absolute atomic E-state index is 0.322. The molecule has 0 fully saturated rings. The van der Waals surface area contributed by atoms with E-state index in [1.54, 1.807) is 0 Å². The van der Waals surface area contributed by atoms with E-state index in [-0.39, 0.29) is 0 Å². The van der Waals surface area contributed by atoms with Crippen molar-refractivity contribution in [3.05, 3.63) is 36.0 Å². The van der Waals surface area contributed by atoms with Crippen LogP contribution in [0.5, 0.6) is 0 Å². The van der Waals surface area contributed by atoms with E-state index in [2.05, 4.69) is 45.6 Å². The SMILES string of the molecule is C=C(C)C1=CC=CC(C)(C)C1. The molecule has 0 saturated heterocycles. The quantitative estimate of drug-likeness (QED) is 0.534. The van der Waals surface area contributed by atoms with Gasteiger partial charge in [0.2, 0.25) is 0 Å². The van der Waals surface area contributed by atoms with Crippen LogP contribution < -0.4 is 0 Å². The van der Waals surface area contributed by atoms with Crippen LogP contribution in [0.4, 0.5) is 0 Å². The number of rotatable bonds is 1. The minimum Gasteiger partial charge on any atom is -0.0958 e. The van der Waals surface area contributed by atoms with Gasteiger partial charge in [0.1, 0.15) is 0 Å². The monoisotopic (exact) mass is 148 g/mol. The van der Waals surface area contributed by atoms with Gasteiger partial charge in [-0.2, -0.15) is 0 Å². The van der Waals surface area contributed by atoms with E-state index in [1.165, 1.54) is 11.1 Å². The average Bonchev–Trinajstić information content (AvgIpc) is 1.85. The van der Waals surface area contributed by atoms with Gasteiger partial charge in [-0.15, -0.1) is 0 Å². The van der Waals surface area contributed by atoms with Crippen LogP contribution in [0.2, 0.25) is 0 Å². The molecule has 0 aromatic rings. The van der Waals surface area contributed by atoms with Crippen LogP contribution in [0.1, 0.15) is 27.2 Å². The average molecular weight is 148 g/mol. The van der Waals surface area contributed by atoms with E-state index in [0.29, 0.717) is 5.41 Å². The predicted molar refractivity (Wildman–Crippen MR) is 50.4 cm³/mol. The Hall–Kier alpha value is -0.780. The highest BCUT2D eigenvalue weighted by molar-refractivity contribution is 5.35. The van der Waals surface area contributed by atoms with Crippen molar-refractivity contribution in [1.82, 2.24) is 0 Å². The van der Waals surface area contributed by atoms with Crippen molar-refractivity contribution >= 4 is 0 Å². The summed E-state index contributed by atoms with van der Waals surface area (Å²) in [5, 5.41) is 0. The number of hydrogen-bond donors (Lipinski definition) is 0. The summed E-state index contributed by atoms with van der Waals surface area (Å²) in [4.78, 5) is 0. The van der Waals surface area contributed by atoms with Crippen LogP contribution in [0.15, 0.2) is 36.0 Å². The summed E-state index contributed by atoms with van der Waals surface area (Å²) in [5.41, 5.74) is 2.91. The van der Waals surface area contributed by atoms with E-state index >= 15 is 0 Å². The molecule has 0 aliphatic heterocycles. The Labute approximate surface area is 69.3 Å². The molecule has 0 heteroatoms. The summed E-state index contributed by atoms with van der Waals surface area (Å²) >= 11 is 0. The first-order valence-electron chi connectivity index (χ1n) is 4.05. The van der Waals surface area contributed by atoms with Crippen LogP contribution in [-0.2, 0) is 0 Å². The maximum Gasteiger partial charge on any atom is -0.0131 e. The van der Waals surface area contributed by atoms with Crippen molar-refractivity contribution in [2.24, 2.45) is 5.41 Å². The Morgan fingerprint density at radius 3 is 2.55 bits per heavy atom. The molecule has 0 aromatic heterocycles. The largest absolute Gasteiger partial charge is 0.0958 e. The Bertz CT molecular complexity index is 226. The third-order valence-electron chi connectivity index (χ3n) is 2.04. The van der Waals surface area contributed by atoms with Crippen LogP contribution in [0, 0.1) is 5.41 Å². The Kier molecular flexibility index (Phi) is 2.03. The zero-order valence-corrected chi connectivity index (χ0v) is 7.65. The van der Waals surface area contributed by atoms with Crippen molar-refractivity contribution in [1.29, 1.82) is 0 Å². The Morgan fingerprint density at radius 1 is 1.55 bits per heavy atom. The number of allylic oxidation sites excluding steroid dienone is 5. The van der Waals surface area contributed by atoms with Gasteiger partial charge in [-0.25, -0.2) is 0 Å². The standard InChI is InChI=1S/C11H16/c1-9(2)10-6-5-7-11(3,4)8-10/h5-7H,1,8H2,2-4H3. The topological polar surface area (TPSA) is 0 Å². The first-order chi connectivity index (χ1) is 5.01. The summed E-state index contributed by atoms with van der Waals surface area (Å²) in [6.07, 6.45) is 7.67. The third kappa shape index (κ3) is 2.07. The third-order valence-corrected chi connectivity index (χ3v) is 2.04. The molecule has 0 amide bonds. The number of hydrogen-bond acceptors (Lipinski definition) is 0.